The smallest absolute Gasteiger partial charge is 0.226 e. The maximum Gasteiger partial charge on any atom is 0.226 e. The summed E-state index contributed by atoms with van der Waals surface area (Å²) in [5, 5.41) is 0. The van der Waals surface area contributed by atoms with Gasteiger partial charge in [0, 0.05) is 37.8 Å². The second-order valence-electron chi connectivity index (χ2n) is 7.91. The average molecular weight is 305 g/mol. The fraction of sp³-hybridized carbons (Fsp3) is 0.842. The minimum Gasteiger partial charge on any atom is -0.342 e. The van der Waals surface area contributed by atoms with Crippen molar-refractivity contribution in [3.05, 3.63) is 12.2 Å². The normalized spacial score (nSPS) is 36.3. The van der Waals surface area contributed by atoms with E-state index in [9.17, 15) is 4.79 Å². The van der Waals surface area contributed by atoms with Crippen LogP contribution in [0.3, 0.4) is 0 Å². The Labute approximate surface area is 135 Å². The van der Waals surface area contributed by atoms with Crippen LogP contribution in [0.4, 0.5) is 0 Å². The lowest BCUT2D eigenvalue weighted by Gasteiger charge is -2.36. The third-order valence-electron chi connectivity index (χ3n) is 5.97. The molecule has 0 bridgehead atoms. The van der Waals surface area contributed by atoms with Crippen molar-refractivity contribution < 1.29 is 9.69 Å². The SMILES string of the molecule is C[C@@H]1CCCN(C(=O)C2CC[NH+](C[C@@H]3CC=CCC3)CC2)C1. The van der Waals surface area contributed by atoms with E-state index in [-0.39, 0.29) is 0 Å². The van der Waals surface area contributed by atoms with E-state index in [0.717, 1.165) is 31.8 Å². The molecule has 2 heterocycles. The molecule has 3 nitrogen and oxygen atoms in total. The Balaban J connectivity index is 1.42. The van der Waals surface area contributed by atoms with Crippen LogP contribution in [0.5, 0.6) is 0 Å². The Morgan fingerprint density at radius 1 is 1.18 bits per heavy atom. The number of hydrogen-bond acceptors (Lipinski definition) is 1. The Morgan fingerprint density at radius 3 is 2.68 bits per heavy atom. The van der Waals surface area contributed by atoms with Gasteiger partial charge < -0.3 is 9.80 Å². The molecule has 0 unspecified atom stereocenters. The van der Waals surface area contributed by atoms with Gasteiger partial charge in [-0.15, -0.1) is 0 Å². The first-order valence-corrected chi connectivity index (χ1v) is 9.49. The van der Waals surface area contributed by atoms with Crippen LogP contribution in [0.25, 0.3) is 0 Å². The average Bonchev–Trinajstić information content (AvgIpc) is 2.56. The van der Waals surface area contributed by atoms with Crippen LogP contribution in [0, 0.1) is 17.8 Å². The topological polar surface area (TPSA) is 24.8 Å². The predicted octanol–water partition coefficient (Wildman–Crippen LogP) is 1.90. The van der Waals surface area contributed by atoms with Gasteiger partial charge in [0.1, 0.15) is 0 Å². The standard InChI is InChI=1S/C19H32N2O/c1-16-6-5-11-21(14-16)19(22)18-9-12-20(13-10-18)15-17-7-3-2-4-8-17/h2-3,16-18H,4-15H2,1H3/p+1/t16-,17-/m1/s1. The van der Waals surface area contributed by atoms with Crippen molar-refractivity contribution in [1.29, 1.82) is 0 Å². The first-order chi connectivity index (χ1) is 10.7. The second-order valence-corrected chi connectivity index (χ2v) is 7.91. The van der Waals surface area contributed by atoms with Gasteiger partial charge >= 0.3 is 0 Å². The molecule has 1 aliphatic carbocycles. The van der Waals surface area contributed by atoms with Gasteiger partial charge in [0.15, 0.2) is 0 Å². The molecule has 3 rings (SSSR count). The summed E-state index contributed by atoms with van der Waals surface area (Å²) < 4.78 is 0. The lowest BCUT2D eigenvalue weighted by Crippen LogP contribution is -3.13. The molecule has 2 atom stereocenters. The summed E-state index contributed by atoms with van der Waals surface area (Å²) in [5.74, 6) is 2.37. The Morgan fingerprint density at radius 2 is 2.00 bits per heavy atom. The molecule has 2 saturated heterocycles. The quantitative estimate of drug-likeness (QED) is 0.792. The third-order valence-corrected chi connectivity index (χ3v) is 5.97. The zero-order valence-electron chi connectivity index (χ0n) is 14.2. The van der Waals surface area contributed by atoms with Crippen LogP contribution in [0.2, 0.25) is 0 Å². The number of hydrogen-bond donors (Lipinski definition) is 1. The minimum absolute atomic E-state index is 0.320. The molecule has 0 aromatic carbocycles. The van der Waals surface area contributed by atoms with E-state index in [1.807, 2.05) is 0 Å². The van der Waals surface area contributed by atoms with Crippen molar-refractivity contribution in [1.82, 2.24) is 4.90 Å². The molecule has 2 aliphatic heterocycles. The maximum atomic E-state index is 12.7. The van der Waals surface area contributed by atoms with Crippen LogP contribution in [0.15, 0.2) is 12.2 Å². The zero-order chi connectivity index (χ0) is 15.4. The van der Waals surface area contributed by atoms with E-state index in [0.29, 0.717) is 17.7 Å². The minimum atomic E-state index is 0.320. The highest BCUT2D eigenvalue weighted by Gasteiger charge is 2.32. The fourth-order valence-corrected chi connectivity index (χ4v) is 4.57. The van der Waals surface area contributed by atoms with Gasteiger partial charge in [-0.25, -0.2) is 0 Å². The third kappa shape index (κ3) is 4.13. The summed E-state index contributed by atoms with van der Waals surface area (Å²) in [7, 11) is 0. The number of likely N-dealkylation sites (tertiary alicyclic amines) is 2. The molecule has 0 radical (unpaired) electrons. The number of allylic oxidation sites excluding steroid dienone is 2. The summed E-state index contributed by atoms with van der Waals surface area (Å²) >= 11 is 0. The molecule has 2 fully saturated rings. The molecule has 3 heteroatoms. The van der Waals surface area contributed by atoms with Gasteiger partial charge in [-0.05, 0) is 38.0 Å². The van der Waals surface area contributed by atoms with Crippen molar-refractivity contribution in [2.45, 2.75) is 51.9 Å². The van der Waals surface area contributed by atoms with Crippen LogP contribution in [0.1, 0.15) is 51.9 Å². The molecule has 1 amide bonds. The number of carbonyl (C=O) groups excluding carboxylic acids is 1. The van der Waals surface area contributed by atoms with Gasteiger partial charge in [-0.2, -0.15) is 0 Å². The predicted molar refractivity (Wildman–Crippen MR) is 89.7 cm³/mol. The molecule has 0 aromatic rings. The van der Waals surface area contributed by atoms with Gasteiger partial charge in [-0.1, -0.05) is 19.1 Å². The Hall–Kier alpha value is -0.830. The summed E-state index contributed by atoms with van der Waals surface area (Å²) in [5.41, 5.74) is 0. The van der Waals surface area contributed by atoms with Crippen molar-refractivity contribution in [3.63, 3.8) is 0 Å². The van der Waals surface area contributed by atoms with E-state index < -0.39 is 0 Å². The maximum absolute atomic E-state index is 12.7. The summed E-state index contributed by atoms with van der Waals surface area (Å²) in [6, 6.07) is 0. The molecule has 0 aromatic heterocycles. The molecule has 1 N–H and O–H groups in total. The van der Waals surface area contributed by atoms with E-state index in [2.05, 4.69) is 24.0 Å². The van der Waals surface area contributed by atoms with Crippen LogP contribution >= 0.6 is 0 Å². The van der Waals surface area contributed by atoms with Crippen LogP contribution in [-0.2, 0) is 4.79 Å². The number of amides is 1. The summed E-state index contributed by atoms with van der Waals surface area (Å²) in [6.07, 6.45) is 13.3. The van der Waals surface area contributed by atoms with Gasteiger partial charge in [0.25, 0.3) is 0 Å². The molecule has 0 saturated carbocycles. The Kier molecular flexibility index (Phi) is 5.56. The largest absolute Gasteiger partial charge is 0.342 e. The highest BCUT2D eigenvalue weighted by Crippen LogP contribution is 2.21. The van der Waals surface area contributed by atoms with Crippen molar-refractivity contribution >= 4 is 5.91 Å². The van der Waals surface area contributed by atoms with E-state index in [4.69, 9.17) is 0 Å². The second kappa shape index (κ2) is 7.63. The van der Waals surface area contributed by atoms with Crippen molar-refractivity contribution in [2.75, 3.05) is 32.7 Å². The van der Waals surface area contributed by atoms with Crippen LogP contribution < -0.4 is 4.90 Å². The van der Waals surface area contributed by atoms with Crippen molar-refractivity contribution in [3.8, 4) is 0 Å². The van der Waals surface area contributed by atoms with Gasteiger partial charge in [-0.3, -0.25) is 4.79 Å². The molecule has 22 heavy (non-hydrogen) atoms. The Bertz CT molecular complexity index is 398. The lowest BCUT2D eigenvalue weighted by molar-refractivity contribution is -0.909. The summed E-state index contributed by atoms with van der Waals surface area (Å²) in [4.78, 5) is 16.6. The molecular weight excluding hydrogens is 272 g/mol. The van der Waals surface area contributed by atoms with E-state index >= 15 is 0 Å². The van der Waals surface area contributed by atoms with Gasteiger partial charge in [0.05, 0.1) is 19.6 Å². The molecule has 124 valence electrons. The highest BCUT2D eigenvalue weighted by molar-refractivity contribution is 5.79. The lowest BCUT2D eigenvalue weighted by atomic mass is 9.90. The number of nitrogens with zero attached hydrogens (tertiary/aromatic N) is 1. The number of piperidine rings is 2. The van der Waals surface area contributed by atoms with E-state index in [1.165, 1.54) is 51.7 Å². The first kappa shape index (κ1) is 16.0. The highest BCUT2D eigenvalue weighted by atomic mass is 16.2. The van der Waals surface area contributed by atoms with Gasteiger partial charge in [0.2, 0.25) is 5.91 Å². The van der Waals surface area contributed by atoms with Crippen molar-refractivity contribution in [2.24, 2.45) is 17.8 Å². The number of quaternary nitrogens is 1. The molecule has 3 aliphatic rings. The first-order valence-electron chi connectivity index (χ1n) is 9.49. The fourth-order valence-electron chi connectivity index (χ4n) is 4.57. The van der Waals surface area contributed by atoms with Crippen LogP contribution in [-0.4, -0.2) is 43.5 Å². The number of rotatable bonds is 3. The molecular formula is C19H33N2O+. The number of carbonyl (C=O) groups is 1. The molecule has 0 spiro atoms. The number of nitrogens with one attached hydrogen (secondary N) is 1. The zero-order valence-corrected chi connectivity index (χ0v) is 14.2. The monoisotopic (exact) mass is 305 g/mol. The van der Waals surface area contributed by atoms with E-state index in [1.54, 1.807) is 4.90 Å². The summed E-state index contributed by atoms with van der Waals surface area (Å²) in [6.45, 7) is 8.03.